The van der Waals surface area contributed by atoms with Crippen LogP contribution in [0, 0.1) is 5.82 Å². The van der Waals surface area contributed by atoms with E-state index >= 15 is 0 Å². The van der Waals surface area contributed by atoms with Gasteiger partial charge in [-0.1, -0.05) is 17.7 Å². The van der Waals surface area contributed by atoms with Gasteiger partial charge in [-0.3, -0.25) is 4.72 Å². The van der Waals surface area contributed by atoms with Crippen molar-refractivity contribution in [3.8, 4) is 0 Å². The van der Waals surface area contributed by atoms with Crippen LogP contribution in [0.1, 0.15) is 5.56 Å². The quantitative estimate of drug-likeness (QED) is 0.911. The predicted molar refractivity (Wildman–Crippen MR) is 76.6 cm³/mol. The van der Waals surface area contributed by atoms with Crippen LogP contribution in [0.2, 0.25) is 5.02 Å². The molecule has 0 amide bonds. The maximum atomic E-state index is 13.7. The molecule has 7 heteroatoms. The number of rotatable bonds is 4. The summed E-state index contributed by atoms with van der Waals surface area (Å²) in [7, 11) is -4.01. The number of sulfonamides is 1. The van der Waals surface area contributed by atoms with Crippen molar-refractivity contribution < 1.29 is 12.8 Å². The van der Waals surface area contributed by atoms with Gasteiger partial charge < -0.3 is 5.73 Å². The van der Waals surface area contributed by atoms with Gasteiger partial charge in [0.2, 0.25) is 0 Å². The molecule has 0 bridgehead atoms. The second kappa shape index (κ2) is 5.78. The molecule has 0 spiro atoms. The third kappa shape index (κ3) is 3.27. The fraction of sp³-hybridized carbons (Fsp3) is 0.0769. The van der Waals surface area contributed by atoms with Crippen LogP contribution >= 0.6 is 11.6 Å². The molecule has 106 valence electrons. The van der Waals surface area contributed by atoms with Crippen LogP contribution in [0.4, 0.5) is 10.1 Å². The van der Waals surface area contributed by atoms with E-state index in [1.807, 2.05) is 0 Å². The molecule has 0 radical (unpaired) electrons. The maximum absolute atomic E-state index is 13.7. The Labute approximate surface area is 121 Å². The number of benzene rings is 2. The Bertz CT molecular complexity index is 718. The molecule has 2 rings (SSSR count). The zero-order valence-electron chi connectivity index (χ0n) is 10.3. The zero-order chi connectivity index (χ0) is 14.8. The van der Waals surface area contributed by atoms with Gasteiger partial charge in [-0.25, -0.2) is 12.8 Å². The fourth-order valence-corrected chi connectivity index (χ4v) is 2.92. The van der Waals surface area contributed by atoms with Crippen LogP contribution in [-0.4, -0.2) is 8.42 Å². The van der Waals surface area contributed by atoms with E-state index in [0.717, 1.165) is 6.07 Å². The van der Waals surface area contributed by atoms with Gasteiger partial charge in [0.25, 0.3) is 10.0 Å². The van der Waals surface area contributed by atoms with Crippen molar-refractivity contribution >= 4 is 27.3 Å². The highest BCUT2D eigenvalue weighted by atomic mass is 35.5. The number of nitrogens with one attached hydrogen (secondary N) is 1. The highest BCUT2D eigenvalue weighted by Crippen LogP contribution is 2.21. The van der Waals surface area contributed by atoms with E-state index in [1.165, 1.54) is 36.4 Å². The summed E-state index contributed by atoms with van der Waals surface area (Å²) in [5, 5.41) is 0.476. The lowest BCUT2D eigenvalue weighted by Gasteiger charge is -2.10. The summed E-state index contributed by atoms with van der Waals surface area (Å²) in [6.45, 7) is 0.129. The van der Waals surface area contributed by atoms with E-state index in [9.17, 15) is 12.8 Å². The first kappa shape index (κ1) is 14.8. The molecule has 0 aliphatic heterocycles. The van der Waals surface area contributed by atoms with Gasteiger partial charge in [0.15, 0.2) is 0 Å². The van der Waals surface area contributed by atoms with E-state index in [-0.39, 0.29) is 6.54 Å². The molecular formula is C13H12ClFN2O2S. The number of anilines is 1. The number of nitrogens with two attached hydrogens (primary N) is 1. The van der Waals surface area contributed by atoms with Crippen LogP contribution < -0.4 is 10.5 Å². The van der Waals surface area contributed by atoms with Gasteiger partial charge in [-0.2, -0.15) is 0 Å². The fourth-order valence-electron chi connectivity index (χ4n) is 1.61. The Morgan fingerprint density at radius 1 is 1.15 bits per heavy atom. The lowest BCUT2D eigenvalue weighted by atomic mass is 10.2. The first-order valence-electron chi connectivity index (χ1n) is 5.69. The molecular weight excluding hydrogens is 303 g/mol. The van der Waals surface area contributed by atoms with Crippen molar-refractivity contribution in [2.24, 2.45) is 5.73 Å². The summed E-state index contributed by atoms with van der Waals surface area (Å²) in [5.74, 6) is -0.830. The molecule has 2 aromatic rings. The second-order valence-corrected chi connectivity index (χ2v) is 6.17. The van der Waals surface area contributed by atoms with Crippen molar-refractivity contribution in [2.75, 3.05) is 4.72 Å². The summed E-state index contributed by atoms with van der Waals surface area (Å²) in [4.78, 5) is -0.435. The standard InChI is InChI=1S/C13H12ClFN2O2S/c14-10-2-4-11(5-3-10)17-20(18,19)13-7-9(8-16)1-6-12(13)15/h1-7,17H,8,16H2. The number of hydrogen-bond acceptors (Lipinski definition) is 3. The SMILES string of the molecule is NCc1ccc(F)c(S(=O)(=O)Nc2ccc(Cl)cc2)c1. The smallest absolute Gasteiger partial charge is 0.264 e. The van der Waals surface area contributed by atoms with Crippen molar-refractivity contribution in [2.45, 2.75) is 11.4 Å². The van der Waals surface area contributed by atoms with Crippen molar-refractivity contribution in [3.63, 3.8) is 0 Å². The Balaban J connectivity index is 2.37. The van der Waals surface area contributed by atoms with Gasteiger partial charge in [-0.15, -0.1) is 0 Å². The highest BCUT2D eigenvalue weighted by Gasteiger charge is 2.19. The van der Waals surface area contributed by atoms with E-state index in [4.69, 9.17) is 17.3 Å². The summed E-state index contributed by atoms with van der Waals surface area (Å²) in [5.41, 5.74) is 6.26. The lowest BCUT2D eigenvalue weighted by Crippen LogP contribution is -2.15. The van der Waals surface area contributed by atoms with Gasteiger partial charge in [0.05, 0.1) is 0 Å². The molecule has 3 N–H and O–H groups in total. The molecule has 0 atom stereocenters. The largest absolute Gasteiger partial charge is 0.326 e. The maximum Gasteiger partial charge on any atom is 0.264 e. The van der Waals surface area contributed by atoms with Crippen LogP contribution in [0.5, 0.6) is 0 Å². The Morgan fingerprint density at radius 3 is 2.40 bits per heavy atom. The van der Waals surface area contributed by atoms with E-state index in [2.05, 4.69) is 4.72 Å². The first-order valence-corrected chi connectivity index (χ1v) is 7.55. The topological polar surface area (TPSA) is 72.2 Å². The van der Waals surface area contributed by atoms with Crippen molar-refractivity contribution in [1.82, 2.24) is 0 Å². The summed E-state index contributed by atoms with van der Waals surface area (Å²) in [6, 6.07) is 9.79. The van der Waals surface area contributed by atoms with Crippen molar-refractivity contribution in [3.05, 3.63) is 58.9 Å². The Kier molecular flexibility index (Phi) is 4.27. The lowest BCUT2D eigenvalue weighted by molar-refractivity contribution is 0.569. The second-order valence-electron chi connectivity index (χ2n) is 4.08. The minimum atomic E-state index is -4.01. The third-order valence-electron chi connectivity index (χ3n) is 2.62. The summed E-state index contributed by atoms with van der Waals surface area (Å²) >= 11 is 5.71. The predicted octanol–water partition coefficient (Wildman–Crippen LogP) is 2.74. The van der Waals surface area contributed by atoms with Crippen molar-refractivity contribution in [1.29, 1.82) is 0 Å². The summed E-state index contributed by atoms with van der Waals surface area (Å²) in [6.07, 6.45) is 0. The molecule has 4 nitrogen and oxygen atoms in total. The minimum Gasteiger partial charge on any atom is -0.326 e. The van der Waals surface area contributed by atoms with Gasteiger partial charge in [-0.05, 0) is 42.0 Å². The van der Waals surface area contributed by atoms with E-state index in [1.54, 1.807) is 0 Å². The number of hydrogen-bond donors (Lipinski definition) is 2. The highest BCUT2D eigenvalue weighted by molar-refractivity contribution is 7.92. The van der Waals surface area contributed by atoms with Crippen LogP contribution in [0.15, 0.2) is 47.4 Å². The van der Waals surface area contributed by atoms with E-state index < -0.39 is 20.7 Å². The molecule has 0 aliphatic carbocycles. The minimum absolute atomic E-state index is 0.129. The zero-order valence-corrected chi connectivity index (χ0v) is 11.9. The van der Waals surface area contributed by atoms with Crippen LogP contribution in [-0.2, 0) is 16.6 Å². The van der Waals surface area contributed by atoms with Crippen LogP contribution in [0.25, 0.3) is 0 Å². The molecule has 0 aliphatic rings. The molecule has 0 unspecified atom stereocenters. The molecule has 0 saturated heterocycles. The molecule has 2 aromatic carbocycles. The average molecular weight is 315 g/mol. The Hall–Kier alpha value is -1.63. The molecule has 0 heterocycles. The van der Waals surface area contributed by atoms with Gasteiger partial charge in [0, 0.05) is 17.3 Å². The van der Waals surface area contributed by atoms with Gasteiger partial charge in [0.1, 0.15) is 10.7 Å². The van der Waals surface area contributed by atoms with Crippen LogP contribution in [0.3, 0.4) is 0 Å². The van der Waals surface area contributed by atoms with E-state index in [0.29, 0.717) is 16.3 Å². The molecule has 0 fully saturated rings. The van der Waals surface area contributed by atoms with Gasteiger partial charge >= 0.3 is 0 Å². The molecule has 0 aromatic heterocycles. The third-order valence-corrected chi connectivity index (χ3v) is 4.27. The monoisotopic (exact) mass is 314 g/mol. The Morgan fingerprint density at radius 2 is 1.80 bits per heavy atom. The average Bonchev–Trinajstić information content (AvgIpc) is 2.41. The molecule has 20 heavy (non-hydrogen) atoms. The first-order chi connectivity index (χ1) is 9.42. The molecule has 0 saturated carbocycles. The number of halogens is 2. The summed E-state index contributed by atoms with van der Waals surface area (Å²) < 4.78 is 40.3. The normalized spacial score (nSPS) is 11.3.